The first kappa shape index (κ1) is 17.7. The number of carbonyl (C=O) groups excluding carboxylic acids is 1. The summed E-state index contributed by atoms with van der Waals surface area (Å²) < 4.78 is 19.6. The third-order valence-corrected chi connectivity index (χ3v) is 5.15. The van der Waals surface area contributed by atoms with Crippen LogP contribution in [0.2, 0.25) is 0 Å². The number of nitriles is 1. The highest BCUT2D eigenvalue weighted by atomic mass is 19.1. The van der Waals surface area contributed by atoms with Gasteiger partial charge in [0.15, 0.2) is 0 Å². The van der Waals surface area contributed by atoms with Crippen molar-refractivity contribution in [3.8, 4) is 6.07 Å². The van der Waals surface area contributed by atoms with Crippen LogP contribution >= 0.6 is 0 Å². The molecule has 0 spiro atoms. The van der Waals surface area contributed by atoms with E-state index in [0.717, 1.165) is 19.4 Å². The van der Waals surface area contributed by atoms with Gasteiger partial charge in [-0.25, -0.2) is 4.39 Å². The van der Waals surface area contributed by atoms with Crippen LogP contribution < -0.4 is 10.2 Å². The van der Waals surface area contributed by atoms with Gasteiger partial charge in [-0.1, -0.05) is 0 Å². The van der Waals surface area contributed by atoms with Gasteiger partial charge < -0.3 is 15.0 Å². The monoisotopic (exact) mass is 345 g/mol. The molecule has 2 fully saturated rings. The Morgan fingerprint density at radius 3 is 2.80 bits per heavy atom. The van der Waals surface area contributed by atoms with Crippen LogP contribution in [0.3, 0.4) is 0 Å². The van der Waals surface area contributed by atoms with Crippen molar-refractivity contribution in [3.63, 3.8) is 0 Å². The summed E-state index contributed by atoms with van der Waals surface area (Å²) in [7, 11) is 0. The van der Waals surface area contributed by atoms with Crippen molar-refractivity contribution < 1.29 is 13.9 Å². The molecule has 3 rings (SSSR count). The number of ether oxygens (including phenoxy) is 1. The van der Waals surface area contributed by atoms with Crippen molar-refractivity contribution in [1.82, 2.24) is 5.32 Å². The maximum atomic E-state index is 14.2. The number of nitrogens with zero attached hydrogens (tertiary/aromatic N) is 2. The lowest BCUT2D eigenvalue weighted by atomic mass is 9.91. The fourth-order valence-electron chi connectivity index (χ4n) is 3.65. The third kappa shape index (κ3) is 4.10. The van der Waals surface area contributed by atoms with Crippen molar-refractivity contribution in [3.05, 3.63) is 29.6 Å². The maximum Gasteiger partial charge on any atom is 0.223 e. The molecular weight excluding hydrogens is 321 g/mol. The minimum atomic E-state index is -0.381. The molecule has 6 heteroatoms. The van der Waals surface area contributed by atoms with E-state index in [9.17, 15) is 9.18 Å². The molecule has 1 N–H and O–H groups in total. The minimum Gasteiger partial charge on any atom is -0.379 e. The summed E-state index contributed by atoms with van der Waals surface area (Å²) >= 11 is 0. The second-order valence-electron chi connectivity index (χ2n) is 7.25. The summed E-state index contributed by atoms with van der Waals surface area (Å²) in [6.45, 7) is 4.63. The maximum absolute atomic E-state index is 14.2. The Labute approximate surface area is 147 Å². The molecule has 5 nitrogen and oxygen atoms in total. The van der Waals surface area contributed by atoms with Gasteiger partial charge in [-0.05, 0) is 50.8 Å². The summed E-state index contributed by atoms with van der Waals surface area (Å²) in [5, 5.41) is 12.0. The number of carbonyl (C=O) groups is 1. The van der Waals surface area contributed by atoms with E-state index in [0.29, 0.717) is 43.8 Å². The predicted molar refractivity (Wildman–Crippen MR) is 92.7 cm³/mol. The SMILES string of the molecule is CC1(NC(=O)C2CCN(c3ccc(C#N)cc3F)CC2)CCCOC1. The fourth-order valence-corrected chi connectivity index (χ4v) is 3.65. The molecule has 1 atom stereocenters. The van der Waals surface area contributed by atoms with Gasteiger partial charge in [-0.2, -0.15) is 5.26 Å². The quantitative estimate of drug-likeness (QED) is 0.914. The average Bonchev–Trinajstić information content (AvgIpc) is 2.62. The summed E-state index contributed by atoms with van der Waals surface area (Å²) in [6, 6.07) is 6.48. The van der Waals surface area contributed by atoms with E-state index in [-0.39, 0.29) is 23.2 Å². The van der Waals surface area contributed by atoms with Crippen molar-refractivity contribution in [2.75, 3.05) is 31.2 Å². The Bertz CT molecular complexity index is 672. The molecule has 1 aromatic carbocycles. The van der Waals surface area contributed by atoms with Gasteiger partial charge in [0.1, 0.15) is 5.82 Å². The molecule has 2 saturated heterocycles. The van der Waals surface area contributed by atoms with Gasteiger partial charge in [-0.3, -0.25) is 4.79 Å². The first-order chi connectivity index (χ1) is 12.0. The van der Waals surface area contributed by atoms with Gasteiger partial charge >= 0.3 is 0 Å². The van der Waals surface area contributed by atoms with Crippen molar-refractivity contribution in [1.29, 1.82) is 5.26 Å². The molecular formula is C19H24FN3O2. The molecule has 2 aliphatic heterocycles. The molecule has 1 aromatic rings. The second kappa shape index (κ2) is 7.40. The summed E-state index contributed by atoms with van der Waals surface area (Å²) in [4.78, 5) is 14.5. The lowest BCUT2D eigenvalue weighted by Gasteiger charge is -2.38. The zero-order valence-electron chi connectivity index (χ0n) is 14.6. The largest absolute Gasteiger partial charge is 0.379 e. The van der Waals surface area contributed by atoms with Gasteiger partial charge in [0.05, 0.1) is 29.5 Å². The molecule has 1 amide bonds. The summed E-state index contributed by atoms with van der Waals surface area (Å²) in [5.74, 6) is -0.349. The highest BCUT2D eigenvalue weighted by Crippen LogP contribution is 2.27. The van der Waals surface area contributed by atoms with Gasteiger partial charge in [0, 0.05) is 25.6 Å². The number of piperidine rings is 1. The molecule has 2 heterocycles. The van der Waals surface area contributed by atoms with E-state index in [1.165, 1.54) is 6.07 Å². The minimum absolute atomic E-state index is 0.0450. The lowest BCUT2D eigenvalue weighted by molar-refractivity contribution is -0.129. The first-order valence-electron chi connectivity index (χ1n) is 8.85. The number of amides is 1. The fraction of sp³-hybridized carbons (Fsp3) is 0.579. The van der Waals surface area contributed by atoms with Crippen molar-refractivity contribution >= 4 is 11.6 Å². The molecule has 0 aliphatic carbocycles. The molecule has 134 valence electrons. The van der Waals surface area contributed by atoms with Crippen LogP contribution in [0.4, 0.5) is 10.1 Å². The molecule has 0 aromatic heterocycles. The Balaban J connectivity index is 1.56. The summed E-state index contributed by atoms with van der Waals surface area (Å²) in [6.07, 6.45) is 3.30. The van der Waals surface area contributed by atoms with Crippen LogP contribution in [-0.2, 0) is 9.53 Å². The van der Waals surface area contributed by atoms with Gasteiger partial charge in [0.25, 0.3) is 0 Å². The van der Waals surface area contributed by atoms with Crippen LogP contribution in [0, 0.1) is 23.1 Å². The van der Waals surface area contributed by atoms with Crippen molar-refractivity contribution in [2.24, 2.45) is 5.92 Å². The summed E-state index contributed by atoms with van der Waals surface area (Å²) in [5.41, 5.74) is 0.551. The highest BCUT2D eigenvalue weighted by molar-refractivity contribution is 5.79. The third-order valence-electron chi connectivity index (χ3n) is 5.15. The van der Waals surface area contributed by atoms with E-state index in [1.807, 2.05) is 17.9 Å². The van der Waals surface area contributed by atoms with Crippen LogP contribution in [0.25, 0.3) is 0 Å². The normalized spacial score (nSPS) is 24.6. The molecule has 25 heavy (non-hydrogen) atoms. The standard InChI is InChI=1S/C19H24FN3O2/c1-19(7-2-10-25-13-19)22-18(24)15-5-8-23(9-6-15)17-4-3-14(12-21)11-16(17)20/h3-4,11,15H,2,5-10,13H2,1H3,(H,22,24). The first-order valence-corrected chi connectivity index (χ1v) is 8.85. The zero-order valence-corrected chi connectivity index (χ0v) is 14.6. The van der Waals surface area contributed by atoms with E-state index in [1.54, 1.807) is 12.1 Å². The second-order valence-corrected chi connectivity index (χ2v) is 7.25. The Kier molecular flexibility index (Phi) is 5.24. The molecule has 0 saturated carbocycles. The van der Waals surface area contributed by atoms with E-state index >= 15 is 0 Å². The number of nitrogens with one attached hydrogen (secondary N) is 1. The highest BCUT2D eigenvalue weighted by Gasteiger charge is 2.33. The smallest absolute Gasteiger partial charge is 0.223 e. The van der Waals surface area contributed by atoms with E-state index in [2.05, 4.69) is 5.32 Å². The number of anilines is 1. The number of halogens is 1. The molecule has 1 unspecified atom stereocenters. The number of hydrogen-bond donors (Lipinski definition) is 1. The Morgan fingerprint density at radius 1 is 1.44 bits per heavy atom. The number of hydrogen-bond acceptors (Lipinski definition) is 4. The number of benzene rings is 1. The van der Waals surface area contributed by atoms with Crippen molar-refractivity contribution in [2.45, 2.75) is 38.1 Å². The topological polar surface area (TPSA) is 65.4 Å². The van der Waals surface area contributed by atoms with Crippen LogP contribution in [0.15, 0.2) is 18.2 Å². The van der Waals surface area contributed by atoms with E-state index < -0.39 is 0 Å². The van der Waals surface area contributed by atoms with Gasteiger partial charge in [0.2, 0.25) is 5.91 Å². The Hall–Kier alpha value is -2.13. The van der Waals surface area contributed by atoms with Crippen LogP contribution in [0.5, 0.6) is 0 Å². The van der Waals surface area contributed by atoms with Crippen LogP contribution in [0.1, 0.15) is 38.2 Å². The average molecular weight is 345 g/mol. The van der Waals surface area contributed by atoms with E-state index in [4.69, 9.17) is 10.00 Å². The lowest BCUT2D eigenvalue weighted by Crippen LogP contribution is -2.54. The van der Waals surface area contributed by atoms with Gasteiger partial charge in [-0.15, -0.1) is 0 Å². The predicted octanol–water partition coefficient (Wildman–Crippen LogP) is 2.60. The molecule has 0 radical (unpaired) electrons. The van der Waals surface area contributed by atoms with Crippen LogP contribution in [-0.4, -0.2) is 37.7 Å². The molecule has 2 aliphatic rings. The zero-order chi connectivity index (χ0) is 17.9. The Morgan fingerprint density at radius 2 is 2.20 bits per heavy atom. The number of rotatable bonds is 3. The molecule has 0 bridgehead atoms.